The van der Waals surface area contributed by atoms with Crippen LogP contribution in [0.1, 0.15) is 0 Å². The van der Waals surface area contributed by atoms with Crippen LogP contribution in [0, 0.1) is 0 Å². The van der Waals surface area contributed by atoms with Crippen molar-refractivity contribution in [3.63, 3.8) is 0 Å². The average Bonchev–Trinajstić information content (AvgIpc) is 0. The number of rotatable bonds is 0. The fourth-order valence-electron chi connectivity index (χ4n) is 0. The molecule has 0 saturated carbocycles. The average molecular weight is 385 g/mol. The van der Waals surface area contributed by atoms with Crippen molar-refractivity contribution in [2.45, 2.75) is 0 Å². The van der Waals surface area contributed by atoms with Crippen molar-refractivity contribution in [2.24, 2.45) is 0 Å². The molecular weight excluding hydrogens is 385 g/mol. The Morgan fingerprint density at radius 3 is 0.500 bits per heavy atom. The van der Waals surface area contributed by atoms with Gasteiger partial charge in [-0.1, -0.05) is 0 Å². The van der Waals surface area contributed by atoms with Crippen LogP contribution in [-0.2, 0) is 88.4 Å². The molecule has 2 radical (unpaired) electrons. The van der Waals surface area contributed by atoms with E-state index >= 15 is 0 Å². The van der Waals surface area contributed by atoms with Gasteiger partial charge in [-0.3, -0.25) is 0 Å². The summed E-state index contributed by atoms with van der Waals surface area (Å²) in [5.41, 5.74) is 0. The molecule has 0 saturated heterocycles. The molecule has 0 unspecified atom stereocenters. The molecule has 6 nitrogen and oxygen atoms in total. The van der Waals surface area contributed by atoms with E-state index in [4.69, 9.17) is 0 Å². The van der Waals surface area contributed by atoms with Gasteiger partial charge in [-0.2, -0.15) is 0 Å². The van der Waals surface area contributed by atoms with Crippen LogP contribution < -0.4 is 0 Å². The Hall–Kier alpha value is 2.30. The largest absolute Gasteiger partial charge is 4.00 e. The van der Waals surface area contributed by atoms with Gasteiger partial charge in [-0.05, 0) is 0 Å². The van der Waals surface area contributed by atoms with Gasteiger partial charge in [0.05, 0.1) is 0 Å². The molecule has 0 amide bonds. The van der Waals surface area contributed by atoms with Gasteiger partial charge < -0.3 is 32.9 Å². The summed E-state index contributed by atoms with van der Waals surface area (Å²) in [6.45, 7) is 0. The van der Waals surface area contributed by atoms with Crippen molar-refractivity contribution in [2.75, 3.05) is 0 Å². The third-order valence-corrected chi connectivity index (χ3v) is 0. The molecule has 0 heterocycles. The molecule has 0 bridgehead atoms. The standard InChI is InChI=1S/Co.Cu.6O.Sn.Ti/q2*+2;6*-2;2*+4. The van der Waals surface area contributed by atoms with Gasteiger partial charge in [0.1, 0.15) is 0 Å². The summed E-state index contributed by atoms with van der Waals surface area (Å²) in [6, 6.07) is 0. The first kappa shape index (κ1) is 297. The molecule has 0 aliphatic carbocycles. The first-order valence-electron chi connectivity index (χ1n) is 0. The van der Waals surface area contributed by atoms with Gasteiger partial charge >= 0.3 is 79.5 Å². The molecule has 10 heavy (non-hydrogen) atoms. The molecule has 0 aliphatic heterocycles. The first-order chi connectivity index (χ1) is 0. The van der Waals surface area contributed by atoms with Gasteiger partial charge in [0, 0.05) is 0 Å². The molecule has 0 atom stereocenters. The van der Waals surface area contributed by atoms with E-state index in [0.29, 0.717) is 0 Å². The molecule has 0 fully saturated rings. The SMILES string of the molecule is [Co+2].[Cu+2].[O-2].[O-2].[O-2].[O-2].[O-2].[O-2].[Sn+4].[Ti+4]. The van der Waals surface area contributed by atoms with Crippen LogP contribution in [0.3, 0.4) is 0 Å². The first-order valence-corrected chi connectivity index (χ1v) is 0. The van der Waals surface area contributed by atoms with Crippen molar-refractivity contribution < 1.29 is 88.4 Å². The Morgan fingerprint density at radius 2 is 0.500 bits per heavy atom. The molecule has 0 rings (SSSR count). The summed E-state index contributed by atoms with van der Waals surface area (Å²) in [6.07, 6.45) is 0. The van der Waals surface area contributed by atoms with Crippen LogP contribution in [0.5, 0.6) is 0 Å². The third kappa shape index (κ3) is 168. The van der Waals surface area contributed by atoms with Crippen molar-refractivity contribution in [3.05, 3.63) is 0 Å². The molecule has 0 aliphatic rings. The van der Waals surface area contributed by atoms with E-state index in [1.54, 1.807) is 0 Å². The van der Waals surface area contributed by atoms with E-state index in [9.17, 15) is 0 Å². The van der Waals surface area contributed by atoms with Gasteiger partial charge in [-0.15, -0.1) is 0 Å². The predicted octanol–water partition coefficient (Wildman–Crippen LogP) is -1.10. The Kier molecular flexibility index (Phi) is 6740. The second-order valence-electron chi connectivity index (χ2n) is 0. The molecule has 0 aromatic heterocycles. The van der Waals surface area contributed by atoms with Crippen LogP contribution in [0.25, 0.3) is 0 Å². The second kappa shape index (κ2) is 227. The van der Waals surface area contributed by atoms with E-state index < -0.39 is 0 Å². The minimum atomic E-state index is 0. The maximum absolute atomic E-state index is 0. The maximum Gasteiger partial charge on any atom is 4.00 e. The molecule has 0 spiro atoms. The zero-order valence-electron chi connectivity index (χ0n) is 4.08. The Bertz CT molecular complexity index is 17.7. The molecule has 0 N–H and O–H groups in total. The summed E-state index contributed by atoms with van der Waals surface area (Å²) in [7, 11) is 0. The van der Waals surface area contributed by atoms with E-state index in [2.05, 4.69) is 0 Å². The molecule has 10 heteroatoms. The van der Waals surface area contributed by atoms with Crippen molar-refractivity contribution in [1.82, 2.24) is 0 Å². The second-order valence-corrected chi connectivity index (χ2v) is 0. The molecule has 0 aromatic rings. The predicted molar refractivity (Wildman–Crippen MR) is 9.87 cm³/mol. The Balaban J connectivity index is 0. The Morgan fingerprint density at radius 1 is 0.500 bits per heavy atom. The van der Waals surface area contributed by atoms with Crippen LogP contribution in [-0.4, -0.2) is 23.9 Å². The minimum absolute atomic E-state index is 0. The van der Waals surface area contributed by atoms with Crippen LogP contribution in [0.2, 0.25) is 0 Å². The smallest absolute Gasteiger partial charge is 2.00 e. The zero-order chi connectivity index (χ0) is 0. The number of hydrogen-bond donors (Lipinski definition) is 0. The fourth-order valence-corrected chi connectivity index (χ4v) is 0. The van der Waals surface area contributed by atoms with E-state index in [-0.39, 0.29) is 112 Å². The van der Waals surface area contributed by atoms with E-state index in [1.807, 2.05) is 0 Å². The fraction of sp³-hybridized carbons (Fsp3) is 0. The van der Waals surface area contributed by atoms with E-state index in [0.717, 1.165) is 0 Å². The topological polar surface area (TPSA) is 171 Å². The van der Waals surface area contributed by atoms with Crippen molar-refractivity contribution in [3.8, 4) is 0 Å². The summed E-state index contributed by atoms with van der Waals surface area (Å²) in [5, 5.41) is 0. The summed E-state index contributed by atoms with van der Waals surface area (Å²) >= 11 is 0. The monoisotopic (exact) mass is 386 g/mol. The summed E-state index contributed by atoms with van der Waals surface area (Å²) in [5.74, 6) is 0. The normalized spacial score (nSPS) is 0. The Labute approximate surface area is 111 Å². The summed E-state index contributed by atoms with van der Waals surface area (Å²) in [4.78, 5) is 0. The van der Waals surface area contributed by atoms with Crippen LogP contribution in [0.15, 0.2) is 0 Å². The summed E-state index contributed by atoms with van der Waals surface area (Å²) < 4.78 is 0. The van der Waals surface area contributed by atoms with Crippen molar-refractivity contribution in [1.29, 1.82) is 0 Å². The maximum atomic E-state index is 0. The minimum Gasteiger partial charge on any atom is -2.00 e. The molecular formula is CoCuO6SnTi. The van der Waals surface area contributed by atoms with Gasteiger partial charge in [0.25, 0.3) is 0 Å². The van der Waals surface area contributed by atoms with Gasteiger partial charge in [0.2, 0.25) is 0 Å². The molecule has 0 aromatic carbocycles. The number of hydrogen-bond acceptors (Lipinski definition) is 0. The quantitative estimate of drug-likeness (QED) is 0.461. The van der Waals surface area contributed by atoms with Gasteiger partial charge in [-0.25, -0.2) is 0 Å². The third-order valence-electron chi connectivity index (χ3n) is 0. The van der Waals surface area contributed by atoms with E-state index in [1.165, 1.54) is 0 Å². The van der Waals surface area contributed by atoms with Crippen LogP contribution >= 0.6 is 0 Å². The van der Waals surface area contributed by atoms with Gasteiger partial charge in [0.15, 0.2) is 0 Å². The van der Waals surface area contributed by atoms with Crippen molar-refractivity contribution >= 4 is 23.9 Å². The molecule has 64 valence electrons. The van der Waals surface area contributed by atoms with Crippen LogP contribution in [0.4, 0.5) is 0 Å². The zero-order valence-corrected chi connectivity index (χ0v) is 10.5.